The number of carbonyl (C=O) groups excluding carboxylic acids is 1. The van der Waals surface area contributed by atoms with Crippen molar-refractivity contribution in [3.63, 3.8) is 0 Å². The Morgan fingerprint density at radius 1 is 1.12 bits per heavy atom. The Bertz CT molecular complexity index is 811. The number of amides is 1. The molecule has 1 N–H and O–H groups in total. The maximum Gasteiger partial charge on any atom is 0.286 e. The molecule has 9 heteroatoms. The van der Waals surface area contributed by atoms with Gasteiger partial charge in [0.25, 0.3) is 11.6 Å². The van der Waals surface area contributed by atoms with Crippen molar-refractivity contribution in [2.75, 3.05) is 19.5 Å². The Labute approximate surface area is 147 Å². The molecule has 0 bridgehead atoms. The van der Waals surface area contributed by atoms with Crippen molar-refractivity contribution in [1.29, 1.82) is 0 Å². The van der Waals surface area contributed by atoms with E-state index in [1.54, 1.807) is 0 Å². The van der Waals surface area contributed by atoms with Gasteiger partial charge >= 0.3 is 0 Å². The summed E-state index contributed by atoms with van der Waals surface area (Å²) in [6.07, 6.45) is 0. The van der Waals surface area contributed by atoms with Gasteiger partial charge in [-0.05, 0) is 18.2 Å². The highest BCUT2D eigenvalue weighted by Gasteiger charge is 2.25. The van der Waals surface area contributed by atoms with Gasteiger partial charge in [-0.2, -0.15) is 0 Å². The number of nitrogens with one attached hydrogen (secondary N) is 1. The van der Waals surface area contributed by atoms with E-state index in [1.165, 1.54) is 38.5 Å². The van der Waals surface area contributed by atoms with Crippen LogP contribution in [0.15, 0.2) is 30.3 Å². The van der Waals surface area contributed by atoms with Crippen LogP contribution in [0.2, 0.25) is 10.0 Å². The van der Waals surface area contributed by atoms with Gasteiger partial charge in [-0.15, -0.1) is 0 Å². The zero-order valence-electron chi connectivity index (χ0n) is 12.6. The third-order valence-electron chi connectivity index (χ3n) is 3.12. The minimum Gasteiger partial charge on any atom is -0.493 e. The molecule has 0 radical (unpaired) electrons. The molecule has 2 aromatic carbocycles. The number of anilines is 1. The van der Waals surface area contributed by atoms with Gasteiger partial charge in [0.1, 0.15) is 5.56 Å². The number of nitro benzene ring substituents is 1. The van der Waals surface area contributed by atoms with Crippen LogP contribution in [-0.2, 0) is 0 Å². The molecule has 0 spiro atoms. The van der Waals surface area contributed by atoms with Gasteiger partial charge in [-0.3, -0.25) is 14.9 Å². The maximum atomic E-state index is 12.4. The van der Waals surface area contributed by atoms with Crippen LogP contribution in [0.3, 0.4) is 0 Å². The predicted molar refractivity (Wildman–Crippen MR) is 90.6 cm³/mol. The van der Waals surface area contributed by atoms with Gasteiger partial charge in [-0.25, -0.2) is 0 Å². The number of nitro groups is 1. The summed E-state index contributed by atoms with van der Waals surface area (Å²) in [6.45, 7) is 0. The van der Waals surface area contributed by atoms with Crippen LogP contribution in [0.1, 0.15) is 10.4 Å². The monoisotopic (exact) mass is 370 g/mol. The summed E-state index contributed by atoms with van der Waals surface area (Å²) >= 11 is 11.8. The van der Waals surface area contributed by atoms with Crippen LogP contribution < -0.4 is 14.8 Å². The Balaban J connectivity index is 2.45. The molecule has 126 valence electrons. The second-order valence-corrected chi connectivity index (χ2v) is 5.40. The molecule has 0 aliphatic rings. The van der Waals surface area contributed by atoms with Crippen molar-refractivity contribution in [2.45, 2.75) is 0 Å². The summed E-state index contributed by atoms with van der Waals surface area (Å²) in [5.74, 6) is -0.382. The highest BCUT2D eigenvalue weighted by atomic mass is 35.5. The molecule has 0 fully saturated rings. The van der Waals surface area contributed by atoms with E-state index in [0.717, 1.165) is 6.07 Å². The van der Waals surface area contributed by atoms with Crippen LogP contribution in [0.5, 0.6) is 11.5 Å². The summed E-state index contributed by atoms with van der Waals surface area (Å²) in [5, 5.41) is 14.4. The number of hydrogen-bond donors (Lipinski definition) is 1. The molecule has 24 heavy (non-hydrogen) atoms. The molecule has 0 saturated carbocycles. The minimum absolute atomic E-state index is 0.144. The number of halogens is 2. The summed E-state index contributed by atoms with van der Waals surface area (Å²) in [6, 6.07) is 6.83. The lowest BCUT2D eigenvalue weighted by atomic mass is 10.1. The van der Waals surface area contributed by atoms with Crippen LogP contribution in [-0.4, -0.2) is 25.1 Å². The first-order valence-electron chi connectivity index (χ1n) is 6.54. The standard InChI is InChI=1S/C15H12Cl2N2O5/c1-23-13-6-9(12(19(21)22)7-14(13)24-2)15(20)18-11-4-3-8(16)5-10(11)17/h3-7H,1-2H3,(H,18,20). The average molecular weight is 371 g/mol. The summed E-state index contributed by atoms with van der Waals surface area (Å²) in [4.78, 5) is 23.0. The molecule has 0 aliphatic carbocycles. The van der Waals surface area contributed by atoms with Crippen LogP contribution in [0.25, 0.3) is 0 Å². The Morgan fingerprint density at radius 2 is 1.75 bits per heavy atom. The average Bonchev–Trinajstić information content (AvgIpc) is 2.55. The van der Waals surface area contributed by atoms with E-state index >= 15 is 0 Å². The highest BCUT2D eigenvalue weighted by molar-refractivity contribution is 6.36. The van der Waals surface area contributed by atoms with Gasteiger partial charge < -0.3 is 14.8 Å². The number of benzene rings is 2. The molecule has 0 heterocycles. The van der Waals surface area contributed by atoms with Crippen molar-refractivity contribution in [1.82, 2.24) is 0 Å². The van der Waals surface area contributed by atoms with E-state index in [1.807, 2.05) is 0 Å². The molecule has 0 unspecified atom stereocenters. The van der Waals surface area contributed by atoms with Crippen molar-refractivity contribution in [2.24, 2.45) is 0 Å². The first-order valence-corrected chi connectivity index (χ1v) is 7.29. The van der Waals surface area contributed by atoms with E-state index < -0.39 is 16.5 Å². The second kappa shape index (κ2) is 7.37. The molecular formula is C15H12Cl2N2O5. The number of ether oxygens (including phenoxy) is 2. The van der Waals surface area contributed by atoms with Crippen LogP contribution in [0, 0.1) is 10.1 Å². The van der Waals surface area contributed by atoms with E-state index in [2.05, 4.69) is 5.32 Å². The topological polar surface area (TPSA) is 90.7 Å². The number of carbonyl (C=O) groups is 1. The SMILES string of the molecule is COc1cc(C(=O)Nc2ccc(Cl)cc2Cl)c([N+](=O)[O-])cc1OC. The van der Waals surface area contributed by atoms with Gasteiger partial charge in [0.15, 0.2) is 11.5 Å². The van der Waals surface area contributed by atoms with Crippen molar-refractivity contribution in [3.8, 4) is 11.5 Å². The quantitative estimate of drug-likeness (QED) is 0.629. The fourth-order valence-corrected chi connectivity index (χ4v) is 2.44. The van der Waals surface area contributed by atoms with Crippen LogP contribution in [0.4, 0.5) is 11.4 Å². The Hall–Kier alpha value is -2.51. The highest BCUT2D eigenvalue weighted by Crippen LogP contribution is 2.35. The van der Waals surface area contributed by atoms with Gasteiger partial charge in [0, 0.05) is 11.1 Å². The number of methoxy groups -OCH3 is 2. The molecule has 1 amide bonds. The molecule has 0 atom stereocenters. The summed E-state index contributed by atoms with van der Waals surface area (Å²) < 4.78 is 10.1. The number of nitrogens with zero attached hydrogens (tertiary/aromatic N) is 1. The zero-order chi connectivity index (χ0) is 17.9. The summed E-state index contributed by atoms with van der Waals surface area (Å²) in [5.41, 5.74) is -0.339. The number of hydrogen-bond acceptors (Lipinski definition) is 5. The van der Waals surface area contributed by atoms with E-state index in [0.29, 0.717) is 5.02 Å². The van der Waals surface area contributed by atoms with E-state index in [-0.39, 0.29) is 27.8 Å². The van der Waals surface area contributed by atoms with Crippen molar-refractivity contribution < 1.29 is 19.2 Å². The normalized spacial score (nSPS) is 10.2. The first-order chi connectivity index (χ1) is 11.4. The largest absolute Gasteiger partial charge is 0.493 e. The molecule has 2 aromatic rings. The predicted octanol–water partition coefficient (Wildman–Crippen LogP) is 4.17. The smallest absolute Gasteiger partial charge is 0.286 e. The molecule has 0 aliphatic heterocycles. The Morgan fingerprint density at radius 3 is 2.29 bits per heavy atom. The van der Waals surface area contributed by atoms with Gasteiger partial charge in [0.05, 0.1) is 35.9 Å². The molecule has 7 nitrogen and oxygen atoms in total. The van der Waals surface area contributed by atoms with Gasteiger partial charge in [-0.1, -0.05) is 23.2 Å². The minimum atomic E-state index is -0.716. The lowest BCUT2D eigenvalue weighted by molar-refractivity contribution is -0.385. The molecule has 0 saturated heterocycles. The number of rotatable bonds is 5. The lowest BCUT2D eigenvalue weighted by Gasteiger charge is -2.11. The van der Waals surface area contributed by atoms with Crippen LogP contribution >= 0.6 is 23.2 Å². The molecular weight excluding hydrogens is 359 g/mol. The third kappa shape index (κ3) is 3.69. The zero-order valence-corrected chi connectivity index (χ0v) is 14.1. The second-order valence-electron chi connectivity index (χ2n) is 4.56. The fourth-order valence-electron chi connectivity index (χ4n) is 1.98. The maximum absolute atomic E-state index is 12.4. The van der Waals surface area contributed by atoms with Gasteiger partial charge in [0.2, 0.25) is 0 Å². The lowest BCUT2D eigenvalue weighted by Crippen LogP contribution is -2.14. The molecule has 0 aromatic heterocycles. The molecule has 2 rings (SSSR count). The van der Waals surface area contributed by atoms with Crippen molar-refractivity contribution >= 4 is 40.5 Å². The Kier molecular flexibility index (Phi) is 5.48. The fraction of sp³-hybridized carbons (Fsp3) is 0.133. The van der Waals surface area contributed by atoms with E-state index in [4.69, 9.17) is 32.7 Å². The van der Waals surface area contributed by atoms with Crippen molar-refractivity contribution in [3.05, 3.63) is 56.1 Å². The van der Waals surface area contributed by atoms with E-state index in [9.17, 15) is 14.9 Å². The third-order valence-corrected chi connectivity index (χ3v) is 3.67. The first kappa shape index (κ1) is 17.8. The summed E-state index contributed by atoms with van der Waals surface area (Å²) in [7, 11) is 2.70.